The Labute approximate surface area is 182 Å². The zero-order valence-corrected chi connectivity index (χ0v) is 19.3. The van der Waals surface area contributed by atoms with Crippen LogP contribution in [0.25, 0.3) is 0 Å². The summed E-state index contributed by atoms with van der Waals surface area (Å²) in [7, 11) is 1.83. The van der Waals surface area contributed by atoms with Gasteiger partial charge in [0.25, 0.3) is 5.91 Å². The first-order valence-electron chi connectivity index (χ1n) is 11.9. The first kappa shape index (κ1) is 23.2. The number of methoxy groups -OCH3 is 1. The van der Waals surface area contributed by atoms with Gasteiger partial charge >= 0.3 is 0 Å². The van der Waals surface area contributed by atoms with Gasteiger partial charge in [0, 0.05) is 13.7 Å². The first-order valence-corrected chi connectivity index (χ1v) is 11.9. The normalized spacial score (nSPS) is 25.0. The molecular weight excluding hydrogens is 376 g/mol. The van der Waals surface area contributed by atoms with Gasteiger partial charge in [-0.15, -0.1) is 0 Å². The van der Waals surface area contributed by atoms with E-state index in [0.717, 1.165) is 50.6 Å². The number of ether oxygens (including phenoxy) is 2. The number of hydrogen-bond donors (Lipinski definition) is 0. The second-order valence-corrected chi connectivity index (χ2v) is 8.76. The molecule has 0 radical (unpaired) electrons. The van der Waals surface area contributed by atoms with Crippen molar-refractivity contribution in [3.63, 3.8) is 0 Å². The molecule has 5 heteroatoms. The van der Waals surface area contributed by atoms with Crippen LogP contribution < -0.4 is 0 Å². The highest BCUT2D eigenvalue weighted by Gasteiger charge is 2.55. The van der Waals surface area contributed by atoms with Crippen LogP contribution in [0.4, 0.5) is 0 Å². The van der Waals surface area contributed by atoms with Gasteiger partial charge in [0.2, 0.25) is 0 Å². The highest BCUT2D eigenvalue weighted by molar-refractivity contribution is 5.88. The number of benzene rings is 1. The van der Waals surface area contributed by atoms with Gasteiger partial charge in [-0.25, -0.2) is 5.01 Å². The summed E-state index contributed by atoms with van der Waals surface area (Å²) >= 11 is 0. The van der Waals surface area contributed by atoms with E-state index in [1.807, 2.05) is 30.3 Å². The summed E-state index contributed by atoms with van der Waals surface area (Å²) in [4.78, 5) is 13.3. The van der Waals surface area contributed by atoms with Crippen LogP contribution in [0.1, 0.15) is 77.7 Å². The summed E-state index contributed by atoms with van der Waals surface area (Å²) < 4.78 is 12.2. The molecule has 1 aromatic carbocycles. The molecule has 1 aromatic rings. The summed E-state index contributed by atoms with van der Waals surface area (Å²) in [6, 6.07) is 10.5. The van der Waals surface area contributed by atoms with Gasteiger partial charge in [0.1, 0.15) is 0 Å². The van der Waals surface area contributed by atoms with Gasteiger partial charge in [-0.3, -0.25) is 9.80 Å². The van der Waals surface area contributed by atoms with Crippen LogP contribution in [0.2, 0.25) is 0 Å². The molecule has 0 N–H and O–H groups in total. The van der Waals surface area contributed by atoms with Gasteiger partial charge in [-0.05, 0) is 37.7 Å². The largest absolute Gasteiger partial charge is 0.377 e. The molecule has 168 valence electrons. The summed E-state index contributed by atoms with van der Waals surface area (Å²) in [5, 5.41) is 4.37. The van der Waals surface area contributed by atoms with Crippen molar-refractivity contribution >= 4 is 5.91 Å². The van der Waals surface area contributed by atoms with Crippen molar-refractivity contribution in [3.8, 4) is 0 Å². The predicted octanol–water partition coefficient (Wildman–Crippen LogP) is 4.95. The second kappa shape index (κ2) is 10.7. The molecule has 1 amide bonds. The van der Waals surface area contributed by atoms with Crippen LogP contribution in [-0.4, -0.2) is 53.4 Å². The van der Waals surface area contributed by atoms with Gasteiger partial charge < -0.3 is 9.47 Å². The molecular formula is C25H40N2O3. The number of carbonyl (C=O) groups is 1. The van der Waals surface area contributed by atoms with Crippen molar-refractivity contribution in [2.75, 3.05) is 13.7 Å². The van der Waals surface area contributed by atoms with Crippen LogP contribution in [-0.2, 0) is 20.9 Å². The van der Waals surface area contributed by atoms with Gasteiger partial charge in [-0.2, -0.15) is 0 Å². The maximum Gasteiger partial charge on any atom is 0.268 e. The lowest BCUT2D eigenvalue weighted by Crippen LogP contribution is -2.73. The Morgan fingerprint density at radius 2 is 1.83 bits per heavy atom. The third kappa shape index (κ3) is 4.58. The Hall–Kier alpha value is -1.43. The summed E-state index contributed by atoms with van der Waals surface area (Å²) in [5.74, 6) is 0.122. The third-order valence-electron chi connectivity index (χ3n) is 7.22. The van der Waals surface area contributed by atoms with E-state index in [9.17, 15) is 4.79 Å². The van der Waals surface area contributed by atoms with E-state index in [4.69, 9.17) is 9.47 Å². The molecule has 2 heterocycles. The monoisotopic (exact) mass is 416 g/mol. The number of hydrogen-bond acceptors (Lipinski definition) is 4. The van der Waals surface area contributed by atoms with Crippen molar-refractivity contribution in [1.82, 2.24) is 10.0 Å². The lowest BCUT2D eigenvalue weighted by Gasteiger charge is -2.54. The Bertz CT molecular complexity index is 653. The molecule has 3 rings (SSSR count). The molecule has 30 heavy (non-hydrogen) atoms. The third-order valence-corrected chi connectivity index (χ3v) is 7.22. The van der Waals surface area contributed by atoms with E-state index in [2.05, 4.69) is 37.9 Å². The summed E-state index contributed by atoms with van der Waals surface area (Å²) in [6.45, 7) is 8.04. The van der Waals surface area contributed by atoms with Crippen LogP contribution in [0, 0.1) is 0 Å². The maximum absolute atomic E-state index is 13.3. The Morgan fingerprint density at radius 1 is 1.10 bits per heavy atom. The highest BCUT2D eigenvalue weighted by Crippen LogP contribution is 2.40. The predicted molar refractivity (Wildman–Crippen MR) is 120 cm³/mol. The lowest BCUT2D eigenvalue weighted by atomic mass is 9.86. The van der Waals surface area contributed by atoms with E-state index in [0.29, 0.717) is 6.61 Å². The Kier molecular flexibility index (Phi) is 8.32. The van der Waals surface area contributed by atoms with Crippen molar-refractivity contribution < 1.29 is 14.3 Å². The van der Waals surface area contributed by atoms with Crippen molar-refractivity contribution in [1.29, 1.82) is 0 Å². The average Bonchev–Trinajstić information content (AvgIpc) is 3.25. The number of nitrogens with zero attached hydrogens (tertiary/aromatic N) is 2. The smallest absolute Gasteiger partial charge is 0.268 e. The number of unbranched alkanes of at least 4 members (excludes halogenated alkanes) is 2. The SMILES string of the molecule is CCCCC[C@H]1[C@H](OCc2ccccc2)C(=O)N1N1CCC[C@H]1C(CC)(CC)OC. The van der Waals surface area contributed by atoms with Crippen molar-refractivity contribution in [2.24, 2.45) is 0 Å². The molecule has 0 aliphatic carbocycles. The van der Waals surface area contributed by atoms with Gasteiger partial charge in [0.15, 0.2) is 6.10 Å². The fourth-order valence-electron chi connectivity index (χ4n) is 5.33. The van der Waals surface area contributed by atoms with Gasteiger partial charge in [-0.1, -0.05) is 70.4 Å². The first-order chi connectivity index (χ1) is 14.6. The highest BCUT2D eigenvalue weighted by atomic mass is 16.5. The second-order valence-electron chi connectivity index (χ2n) is 8.76. The topological polar surface area (TPSA) is 42.0 Å². The minimum atomic E-state index is -0.330. The zero-order valence-electron chi connectivity index (χ0n) is 19.3. The minimum absolute atomic E-state index is 0.122. The maximum atomic E-state index is 13.3. The summed E-state index contributed by atoms with van der Waals surface area (Å²) in [5.41, 5.74) is 0.922. The molecule has 0 unspecified atom stereocenters. The van der Waals surface area contributed by atoms with Crippen molar-refractivity contribution in [3.05, 3.63) is 35.9 Å². The fourth-order valence-corrected chi connectivity index (χ4v) is 5.33. The molecule has 2 aliphatic heterocycles. The molecule has 2 fully saturated rings. The molecule has 0 aromatic heterocycles. The van der Waals surface area contributed by atoms with E-state index in [-0.39, 0.29) is 29.7 Å². The minimum Gasteiger partial charge on any atom is -0.377 e. The van der Waals surface area contributed by atoms with Gasteiger partial charge in [0.05, 0.1) is 24.3 Å². The molecule has 2 saturated heterocycles. The number of rotatable bonds is 12. The number of hydrazine groups is 1. The average molecular weight is 417 g/mol. The van der Waals surface area contributed by atoms with Crippen LogP contribution in [0.15, 0.2) is 30.3 Å². The van der Waals surface area contributed by atoms with Crippen LogP contribution in [0.3, 0.4) is 0 Å². The van der Waals surface area contributed by atoms with Crippen molar-refractivity contribution in [2.45, 2.75) is 103 Å². The Morgan fingerprint density at radius 3 is 2.47 bits per heavy atom. The molecule has 0 saturated carbocycles. The van der Waals surface area contributed by atoms with Crippen LogP contribution in [0.5, 0.6) is 0 Å². The van der Waals surface area contributed by atoms with E-state index in [1.165, 1.54) is 12.8 Å². The molecule has 5 nitrogen and oxygen atoms in total. The van der Waals surface area contributed by atoms with E-state index < -0.39 is 0 Å². The van der Waals surface area contributed by atoms with E-state index >= 15 is 0 Å². The molecule has 0 bridgehead atoms. The molecule has 3 atom stereocenters. The number of amides is 1. The number of carbonyl (C=O) groups excluding carboxylic acids is 1. The zero-order chi connectivity index (χ0) is 21.6. The fraction of sp³-hybridized carbons (Fsp3) is 0.720. The Balaban J connectivity index is 1.74. The number of β-lactam (4-membered cyclic amide) rings is 1. The van der Waals surface area contributed by atoms with Crippen LogP contribution >= 0.6 is 0 Å². The lowest BCUT2D eigenvalue weighted by molar-refractivity contribution is -0.229. The standard InChI is InChI=1S/C25H40N2O3/c1-5-8-10-16-21-23(30-19-20-14-11-9-12-15-20)24(28)27(21)26-18-13-17-22(26)25(6-2,7-3)29-4/h9,11-12,14-15,21-23H,5-8,10,13,16-19H2,1-4H3/t21-,22-,23-/m0/s1. The summed E-state index contributed by atoms with van der Waals surface area (Å²) in [6.07, 6.45) is 8.28. The molecule has 2 aliphatic rings. The van der Waals surface area contributed by atoms with E-state index in [1.54, 1.807) is 0 Å². The quantitative estimate of drug-likeness (QED) is 0.357. The molecule has 0 spiro atoms.